The standard InChI is InChI=1S/C13H17NO3S/c1-4-11(3)13(9-15)14-18(16,17)12-7-5-10(2)6-8-12/h4-8,13-15H,1,3,9H2,2H3. The van der Waals surface area contributed by atoms with Gasteiger partial charge in [-0.2, -0.15) is 0 Å². The van der Waals surface area contributed by atoms with Gasteiger partial charge in [0.15, 0.2) is 0 Å². The predicted molar refractivity (Wildman–Crippen MR) is 71.7 cm³/mol. The van der Waals surface area contributed by atoms with Gasteiger partial charge in [0, 0.05) is 0 Å². The van der Waals surface area contributed by atoms with Gasteiger partial charge in [0.25, 0.3) is 0 Å². The number of sulfonamides is 1. The Hall–Kier alpha value is -1.43. The Bertz CT molecular complexity index is 532. The minimum Gasteiger partial charge on any atom is -0.394 e. The summed E-state index contributed by atoms with van der Waals surface area (Å²) in [7, 11) is -3.66. The van der Waals surface area contributed by atoms with Crippen LogP contribution in [0.15, 0.2) is 54.0 Å². The lowest BCUT2D eigenvalue weighted by Gasteiger charge is -2.16. The van der Waals surface area contributed by atoms with Crippen LogP contribution in [0, 0.1) is 6.92 Å². The Morgan fingerprint density at radius 1 is 1.44 bits per heavy atom. The molecule has 1 unspecified atom stereocenters. The topological polar surface area (TPSA) is 66.4 Å². The van der Waals surface area contributed by atoms with Crippen molar-refractivity contribution in [2.45, 2.75) is 17.9 Å². The summed E-state index contributed by atoms with van der Waals surface area (Å²) in [4.78, 5) is 0.156. The number of hydrogen-bond donors (Lipinski definition) is 2. The molecule has 2 N–H and O–H groups in total. The molecule has 0 aliphatic rings. The Labute approximate surface area is 108 Å². The summed E-state index contributed by atoms with van der Waals surface area (Å²) in [6, 6.07) is 5.70. The highest BCUT2D eigenvalue weighted by molar-refractivity contribution is 7.89. The molecule has 0 spiro atoms. The molecule has 0 amide bonds. The average Bonchev–Trinajstić information content (AvgIpc) is 2.35. The molecule has 0 aliphatic carbocycles. The molecule has 1 aromatic rings. The Balaban J connectivity index is 2.97. The van der Waals surface area contributed by atoms with Gasteiger partial charge in [-0.05, 0) is 24.6 Å². The van der Waals surface area contributed by atoms with Crippen molar-refractivity contribution in [1.82, 2.24) is 4.72 Å². The van der Waals surface area contributed by atoms with Crippen molar-refractivity contribution in [3.63, 3.8) is 0 Å². The molecular weight excluding hydrogens is 250 g/mol. The first-order valence-electron chi connectivity index (χ1n) is 5.42. The van der Waals surface area contributed by atoms with Gasteiger partial charge in [0.05, 0.1) is 17.5 Å². The Morgan fingerprint density at radius 2 is 2.00 bits per heavy atom. The maximum atomic E-state index is 12.0. The van der Waals surface area contributed by atoms with Gasteiger partial charge < -0.3 is 5.11 Å². The zero-order valence-electron chi connectivity index (χ0n) is 10.3. The molecule has 1 aromatic carbocycles. The second kappa shape index (κ2) is 5.95. The number of aliphatic hydroxyl groups excluding tert-OH is 1. The van der Waals surface area contributed by atoms with E-state index in [2.05, 4.69) is 17.9 Å². The van der Waals surface area contributed by atoms with Gasteiger partial charge in [0.2, 0.25) is 10.0 Å². The third-order valence-electron chi connectivity index (χ3n) is 2.52. The van der Waals surface area contributed by atoms with E-state index in [-0.39, 0.29) is 11.5 Å². The molecule has 1 atom stereocenters. The van der Waals surface area contributed by atoms with Crippen LogP contribution in [-0.4, -0.2) is 26.2 Å². The monoisotopic (exact) mass is 267 g/mol. The highest BCUT2D eigenvalue weighted by Gasteiger charge is 2.20. The van der Waals surface area contributed by atoms with Crippen LogP contribution in [0.4, 0.5) is 0 Å². The van der Waals surface area contributed by atoms with Crippen LogP contribution in [-0.2, 0) is 10.0 Å². The van der Waals surface area contributed by atoms with E-state index in [0.29, 0.717) is 5.57 Å². The van der Waals surface area contributed by atoms with E-state index in [1.165, 1.54) is 18.2 Å². The van der Waals surface area contributed by atoms with Crippen LogP contribution >= 0.6 is 0 Å². The van der Waals surface area contributed by atoms with Crippen molar-refractivity contribution >= 4 is 10.0 Å². The first kappa shape index (κ1) is 14.6. The van der Waals surface area contributed by atoms with Crippen molar-refractivity contribution in [3.05, 3.63) is 54.6 Å². The molecular formula is C13H17NO3S. The molecule has 0 radical (unpaired) electrons. The lowest BCUT2D eigenvalue weighted by atomic mass is 10.1. The summed E-state index contributed by atoms with van der Waals surface area (Å²) < 4.78 is 26.5. The molecule has 0 saturated carbocycles. The quantitative estimate of drug-likeness (QED) is 0.765. The summed E-state index contributed by atoms with van der Waals surface area (Å²) in [6.07, 6.45) is 1.42. The van der Waals surface area contributed by atoms with Crippen LogP contribution in [0.5, 0.6) is 0 Å². The van der Waals surface area contributed by atoms with E-state index in [1.54, 1.807) is 12.1 Å². The normalized spacial score (nSPS) is 13.0. The van der Waals surface area contributed by atoms with Gasteiger partial charge in [-0.3, -0.25) is 0 Å². The van der Waals surface area contributed by atoms with Gasteiger partial charge in [-0.15, -0.1) is 0 Å². The largest absolute Gasteiger partial charge is 0.394 e. The summed E-state index contributed by atoms with van der Waals surface area (Å²) in [5.41, 5.74) is 1.40. The molecule has 0 fully saturated rings. The molecule has 0 bridgehead atoms. The van der Waals surface area contributed by atoms with E-state index >= 15 is 0 Å². The average molecular weight is 267 g/mol. The lowest BCUT2D eigenvalue weighted by molar-refractivity contribution is 0.273. The zero-order valence-corrected chi connectivity index (χ0v) is 11.1. The van der Waals surface area contributed by atoms with Crippen LogP contribution in [0.2, 0.25) is 0 Å². The Morgan fingerprint density at radius 3 is 2.44 bits per heavy atom. The minimum atomic E-state index is -3.66. The van der Waals surface area contributed by atoms with Gasteiger partial charge in [-0.1, -0.05) is 36.9 Å². The van der Waals surface area contributed by atoms with Crippen molar-refractivity contribution in [3.8, 4) is 0 Å². The van der Waals surface area contributed by atoms with Crippen molar-refractivity contribution < 1.29 is 13.5 Å². The van der Waals surface area contributed by atoms with Crippen molar-refractivity contribution in [2.75, 3.05) is 6.61 Å². The molecule has 98 valence electrons. The number of hydrogen-bond acceptors (Lipinski definition) is 3. The SMILES string of the molecule is C=CC(=C)C(CO)NS(=O)(=O)c1ccc(C)cc1. The van der Waals surface area contributed by atoms with Gasteiger partial charge in [-0.25, -0.2) is 13.1 Å². The van der Waals surface area contributed by atoms with Crippen LogP contribution in [0.1, 0.15) is 5.56 Å². The maximum Gasteiger partial charge on any atom is 0.241 e. The molecule has 0 heterocycles. The van der Waals surface area contributed by atoms with Crippen LogP contribution in [0.25, 0.3) is 0 Å². The number of benzene rings is 1. The second-order valence-corrected chi connectivity index (χ2v) is 5.66. The summed E-state index contributed by atoms with van der Waals surface area (Å²) >= 11 is 0. The predicted octanol–water partition coefficient (Wildman–Crippen LogP) is 1.38. The maximum absolute atomic E-state index is 12.0. The van der Waals surface area contributed by atoms with E-state index in [4.69, 9.17) is 5.11 Å². The molecule has 4 nitrogen and oxygen atoms in total. The second-order valence-electron chi connectivity index (χ2n) is 3.95. The van der Waals surface area contributed by atoms with E-state index < -0.39 is 16.1 Å². The van der Waals surface area contributed by atoms with E-state index in [0.717, 1.165) is 5.56 Å². The third-order valence-corrected chi connectivity index (χ3v) is 4.01. The molecule has 0 saturated heterocycles. The van der Waals surface area contributed by atoms with E-state index in [9.17, 15) is 8.42 Å². The molecule has 5 heteroatoms. The molecule has 0 aromatic heterocycles. The highest BCUT2D eigenvalue weighted by Crippen LogP contribution is 2.12. The van der Waals surface area contributed by atoms with Crippen LogP contribution in [0.3, 0.4) is 0 Å². The fourth-order valence-electron chi connectivity index (χ4n) is 1.35. The number of nitrogens with one attached hydrogen (secondary N) is 1. The van der Waals surface area contributed by atoms with Crippen molar-refractivity contribution in [2.24, 2.45) is 0 Å². The summed E-state index contributed by atoms with van der Waals surface area (Å²) in [5.74, 6) is 0. The van der Waals surface area contributed by atoms with Gasteiger partial charge >= 0.3 is 0 Å². The fourth-order valence-corrected chi connectivity index (χ4v) is 2.58. The fraction of sp³-hybridized carbons (Fsp3) is 0.231. The molecule has 18 heavy (non-hydrogen) atoms. The number of aliphatic hydroxyl groups is 1. The van der Waals surface area contributed by atoms with E-state index in [1.807, 2.05) is 6.92 Å². The van der Waals surface area contributed by atoms with Crippen molar-refractivity contribution in [1.29, 1.82) is 0 Å². The zero-order chi connectivity index (χ0) is 13.8. The number of rotatable bonds is 6. The Kier molecular flexibility index (Phi) is 4.84. The van der Waals surface area contributed by atoms with Crippen LogP contribution < -0.4 is 4.72 Å². The molecule has 1 rings (SSSR count). The number of aryl methyl sites for hydroxylation is 1. The first-order valence-corrected chi connectivity index (χ1v) is 6.90. The summed E-state index contributed by atoms with van der Waals surface area (Å²) in [5, 5.41) is 9.15. The first-order chi connectivity index (χ1) is 8.40. The summed E-state index contributed by atoms with van der Waals surface area (Å²) in [6.45, 7) is 8.64. The molecule has 0 aliphatic heterocycles. The lowest BCUT2D eigenvalue weighted by Crippen LogP contribution is -2.38. The minimum absolute atomic E-state index is 0.156. The smallest absolute Gasteiger partial charge is 0.241 e. The van der Waals surface area contributed by atoms with Gasteiger partial charge in [0.1, 0.15) is 0 Å². The third kappa shape index (κ3) is 3.53. The highest BCUT2D eigenvalue weighted by atomic mass is 32.2.